The lowest BCUT2D eigenvalue weighted by atomic mass is 10.2. The Balaban J connectivity index is 2.01. The third-order valence-electron chi connectivity index (χ3n) is 3.05. The SMILES string of the molecule is CCc1nc(SCC(=O)Nc2ccccc2F)[nH]c(=O)c1C. The second kappa shape index (κ2) is 7.22. The molecule has 1 heterocycles. The first-order valence-corrected chi connectivity index (χ1v) is 7.76. The molecule has 0 aliphatic heterocycles. The van der Waals surface area contributed by atoms with Crippen LogP contribution in [0.2, 0.25) is 0 Å². The molecule has 2 N–H and O–H groups in total. The first-order valence-electron chi connectivity index (χ1n) is 6.78. The smallest absolute Gasteiger partial charge is 0.254 e. The fourth-order valence-corrected chi connectivity index (χ4v) is 2.53. The summed E-state index contributed by atoms with van der Waals surface area (Å²) >= 11 is 1.10. The number of nitrogens with zero attached hydrogens (tertiary/aromatic N) is 1. The topological polar surface area (TPSA) is 74.8 Å². The number of carbonyl (C=O) groups excluding carboxylic acids is 1. The number of halogens is 1. The molecule has 0 fully saturated rings. The third kappa shape index (κ3) is 3.94. The molecular formula is C15H16FN3O2S. The molecule has 0 saturated heterocycles. The number of hydrogen-bond acceptors (Lipinski definition) is 4. The molecule has 1 aromatic heterocycles. The minimum atomic E-state index is -0.490. The Bertz CT molecular complexity index is 746. The number of thioether (sulfide) groups is 1. The van der Waals surface area contributed by atoms with Crippen LogP contribution in [0.3, 0.4) is 0 Å². The Morgan fingerprint density at radius 2 is 2.14 bits per heavy atom. The van der Waals surface area contributed by atoms with E-state index in [1.807, 2.05) is 6.92 Å². The van der Waals surface area contributed by atoms with Crippen LogP contribution in [0.4, 0.5) is 10.1 Å². The molecule has 0 atom stereocenters. The van der Waals surface area contributed by atoms with Gasteiger partial charge in [0.15, 0.2) is 5.16 Å². The van der Waals surface area contributed by atoms with Crippen molar-refractivity contribution >= 4 is 23.4 Å². The zero-order chi connectivity index (χ0) is 16.1. The van der Waals surface area contributed by atoms with E-state index < -0.39 is 5.82 Å². The number of amides is 1. The van der Waals surface area contributed by atoms with Crippen molar-refractivity contribution in [3.8, 4) is 0 Å². The number of carbonyl (C=O) groups is 1. The van der Waals surface area contributed by atoms with Gasteiger partial charge in [-0.2, -0.15) is 0 Å². The Labute approximate surface area is 131 Å². The van der Waals surface area contributed by atoms with E-state index in [-0.39, 0.29) is 22.9 Å². The highest BCUT2D eigenvalue weighted by atomic mass is 32.2. The fourth-order valence-electron chi connectivity index (χ4n) is 1.85. The fraction of sp³-hybridized carbons (Fsp3) is 0.267. The van der Waals surface area contributed by atoms with Crippen molar-refractivity contribution < 1.29 is 9.18 Å². The summed E-state index contributed by atoms with van der Waals surface area (Å²) in [5, 5.41) is 2.87. The van der Waals surface area contributed by atoms with E-state index in [1.165, 1.54) is 12.1 Å². The van der Waals surface area contributed by atoms with Crippen LogP contribution in [-0.4, -0.2) is 21.6 Å². The van der Waals surface area contributed by atoms with E-state index in [4.69, 9.17) is 0 Å². The maximum Gasteiger partial charge on any atom is 0.254 e. The zero-order valence-electron chi connectivity index (χ0n) is 12.3. The van der Waals surface area contributed by atoms with E-state index in [1.54, 1.807) is 19.1 Å². The molecule has 0 saturated carbocycles. The van der Waals surface area contributed by atoms with Gasteiger partial charge in [0.1, 0.15) is 5.82 Å². The Kier molecular flexibility index (Phi) is 5.32. The number of hydrogen-bond donors (Lipinski definition) is 2. The molecule has 0 spiro atoms. The molecule has 7 heteroatoms. The van der Waals surface area contributed by atoms with Gasteiger partial charge in [0.05, 0.1) is 17.1 Å². The average Bonchev–Trinajstić information content (AvgIpc) is 2.50. The standard InChI is InChI=1S/C15H16FN3O2S/c1-3-11-9(2)14(21)19-15(18-11)22-8-13(20)17-12-7-5-4-6-10(12)16/h4-7H,3,8H2,1-2H3,(H,17,20)(H,18,19,21). The van der Waals surface area contributed by atoms with E-state index in [2.05, 4.69) is 15.3 Å². The molecule has 2 rings (SSSR count). The monoisotopic (exact) mass is 321 g/mol. The van der Waals surface area contributed by atoms with Crippen LogP contribution >= 0.6 is 11.8 Å². The maximum atomic E-state index is 13.4. The predicted molar refractivity (Wildman–Crippen MR) is 84.7 cm³/mol. The Morgan fingerprint density at radius 3 is 2.82 bits per heavy atom. The number of nitrogens with one attached hydrogen (secondary N) is 2. The summed E-state index contributed by atoms with van der Waals surface area (Å²) in [5.41, 5.74) is 1.22. The van der Waals surface area contributed by atoms with Crippen LogP contribution in [0.25, 0.3) is 0 Å². The highest BCUT2D eigenvalue weighted by Gasteiger charge is 2.10. The van der Waals surface area contributed by atoms with E-state index in [0.29, 0.717) is 22.8 Å². The van der Waals surface area contributed by atoms with Crippen molar-refractivity contribution in [1.82, 2.24) is 9.97 Å². The third-order valence-corrected chi connectivity index (χ3v) is 3.93. The number of aromatic nitrogens is 2. The summed E-state index contributed by atoms with van der Waals surface area (Å²) in [5.74, 6) is -0.823. The Hall–Kier alpha value is -2.15. The number of rotatable bonds is 5. The van der Waals surface area contributed by atoms with Crippen LogP contribution < -0.4 is 10.9 Å². The van der Waals surface area contributed by atoms with Gasteiger partial charge >= 0.3 is 0 Å². The van der Waals surface area contributed by atoms with Crippen molar-refractivity contribution in [2.24, 2.45) is 0 Å². The summed E-state index contributed by atoms with van der Waals surface area (Å²) in [6, 6.07) is 5.94. The summed E-state index contributed by atoms with van der Waals surface area (Å²) in [6.07, 6.45) is 0.644. The highest BCUT2D eigenvalue weighted by Crippen LogP contribution is 2.16. The van der Waals surface area contributed by atoms with Gasteiger partial charge in [-0.3, -0.25) is 9.59 Å². The van der Waals surface area contributed by atoms with Crippen molar-refractivity contribution in [3.05, 3.63) is 51.7 Å². The van der Waals surface area contributed by atoms with E-state index in [0.717, 1.165) is 11.8 Å². The molecule has 0 aliphatic rings. The number of H-pyrrole nitrogens is 1. The average molecular weight is 321 g/mol. The van der Waals surface area contributed by atoms with Gasteiger partial charge in [-0.25, -0.2) is 9.37 Å². The van der Waals surface area contributed by atoms with Crippen molar-refractivity contribution in [2.45, 2.75) is 25.4 Å². The summed E-state index contributed by atoms with van der Waals surface area (Å²) in [7, 11) is 0. The molecule has 1 amide bonds. The van der Waals surface area contributed by atoms with Gasteiger partial charge in [-0.1, -0.05) is 30.8 Å². The predicted octanol–water partition coefficient (Wildman–Crippen LogP) is 2.51. The second-order valence-electron chi connectivity index (χ2n) is 4.61. The quantitative estimate of drug-likeness (QED) is 0.655. The van der Waals surface area contributed by atoms with Gasteiger partial charge < -0.3 is 10.3 Å². The highest BCUT2D eigenvalue weighted by molar-refractivity contribution is 7.99. The summed E-state index contributed by atoms with van der Waals surface area (Å²) < 4.78 is 13.4. The lowest BCUT2D eigenvalue weighted by molar-refractivity contribution is -0.113. The molecule has 0 aliphatic carbocycles. The van der Waals surface area contributed by atoms with Gasteiger partial charge in [0.2, 0.25) is 5.91 Å². The number of aromatic amines is 1. The molecule has 1 aromatic carbocycles. The second-order valence-corrected chi connectivity index (χ2v) is 5.58. The summed E-state index contributed by atoms with van der Waals surface area (Å²) in [6.45, 7) is 3.62. The van der Waals surface area contributed by atoms with Gasteiger partial charge in [-0.15, -0.1) is 0 Å². The first-order chi connectivity index (χ1) is 10.5. The maximum absolute atomic E-state index is 13.4. The normalized spacial score (nSPS) is 10.5. The largest absolute Gasteiger partial charge is 0.323 e. The van der Waals surface area contributed by atoms with E-state index >= 15 is 0 Å². The van der Waals surface area contributed by atoms with Crippen LogP contribution in [-0.2, 0) is 11.2 Å². The molecule has 2 aromatic rings. The number of para-hydroxylation sites is 1. The minimum Gasteiger partial charge on any atom is -0.323 e. The van der Waals surface area contributed by atoms with Crippen LogP contribution in [0.5, 0.6) is 0 Å². The molecule has 22 heavy (non-hydrogen) atoms. The number of benzene rings is 1. The van der Waals surface area contributed by atoms with Gasteiger partial charge in [0.25, 0.3) is 5.56 Å². The Morgan fingerprint density at radius 1 is 1.41 bits per heavy atom. The molecule has 0 bridgehead atoms. The molecule has 116 valence electrons. The summed E-state index contributed by atoms with van der Waals surface area (Å²) in [4.78, 5) is 30.5. The molecule has 0 radical (unpaired) electrons. The van der Waals surface area contributed by atoms with Crippen LogP contribution in [0.15, 0.2) is 34.2 Å². The first kappa shape index (κ1) is 16.2. The van der Waals surface area contributed by atoms with Crippen molar-refractivity contribution in [3.63, 3.8) is 0 Å². The van der Waals surface area contributed by atoms with Crippen LogP contribution in [0, 0.1) is 12.7 Å². The zero-order valence-corrected chi connectivity index (χ0v) is 13.1. The van der Waals surface area contributed by atoms with Gasteiger partial charge in [-0.05, 0) is 25.5 Å². The molecular weight excluding hydrogens is 305 g/mol. The van der Waals surface area contributed by atoms with Crippen molar-refractivity contribution in [1.29, 1.82) is 0 Å². The number of aryl methyl sites for hydroxylation is 1. The van der Waals surface area contributed by atoms with Crippen molar-refractivity contribution in [2.75, 3.05) is 11.1 Å². The molecule has 5 nitrogen and oxygen atoms in total. The lowest BCUT2D eigenvalue weighted by Crippen LogP contribution is -2.18. The van der Waals surface area contributed by atoms with Crippen LogP contribution in [0.1, 0.15) is 18.2 Å². The lowest BCUT2D eigenvalue weighted by Gasteiger charge is -2.07. The van der Waals surface area contributed by atoms with Gasteiger partial charge in [0, 0.05) is 5.56 Å². The molecule has 0 unspecified atom stereocenters. The minimum absolute atomic E-state index is 0.0312. The number of anilines is 1. The van der Waals surface area contributed by atoms with E-state index in [9.17, 15) is 14.0 Å².